The summed E-state index contributed by atoms with van der Waals surface area (Å²) in [7, 11) is 0. The smallest absolute Gasteiger partial charge is 0.405 e. The largest absolute Gasteiger partial charge is 0.573 e. The van der Waals surface area contributed by atoms with Crippen molar-refractivity contribution in [1.82, 2.24) is 4.98 Å². The minimum absolute atomic E-state index is 0.133. The fourth-order valence-electron chi connectivity index (χ4n) is 1.15. The second-order valence-corrected chi connectivity index (χ2v) is 2.86. The van der Waals surface area contributed by atoms with Gasteiger partial charge in [-0.3, -0.25) is 0 Å². The standard InChI is InChI=1S/C8H6F6N2O/c9-5-1-4(17-8(12,13)14)6(7(10)11)3(2-15)16-5/h1,7H,2,15H2. The summed E-state index contributed by atoms with van der Waals surface area (Å²) in [6, 6.07) is 0.133. The molecule has 1 rings (SSSR count). The molecule has 0 unspecified atom stereocenters. The van der Waals surface area contributed by atoms with Gasteiger partial charge in [0.05, 0.1) is 11.3 Å². The average Bonchev–Trinajstić information content (AvgIpc) is 2.12. The van der Waals surface area contributed by atoms with Crippen LogP contribution < -0.4 is 10.5 Å². The summed E-state index contributed by atoms with van der Waals surface area (Å²) in [6.07, 6.45) is -8.51. The second kappa shape index (κ2) is 4.78. The van der Waals surface area contributed by atoms with Gasteiger partial charge in [-0.15, -0.1) is 13.2 Å². The number of nitrogens with two attached hydrogens (primary N) is 1. The summed E-state index contributed by atoms with van der Waals surface area (Å²) in [6.45, 7) is -0.633. The Morgan fingerprint density at radius 2 is 1.94 bits per heavy atom. The van der Waals surface area contributed by atoms with Crippen LogP contribution >= 0.6 is 0 Å². The van der Waals surface area contributed by atoms with Gasteiger partial charge in [0.25, 0.3) is 6.43 Å². The topological polar surface area (TPSA) is 48.1 Å². The van der Waals surface area contributed by atoms with E-state index in [2.05, 4.69) is 9.72 Å². The number of ether oxygens (including phenoxy) is 1. The van der Waals surface area contributed by atoms with Crippen LogP contribution in [0.25, 0.3) is 0 Å². The quantitative estimate of drug-likeness (QED) is 0.671. The molecule has 0 amide bonds. The van der Waals surface area contributed by atoms with Gasteiger partial charge in [0.1, 0.15) is 5.75 Å². The molecule has 1 aromatic heterocycles. The first-order valence-corrected chi connectivity index (χ1v) is 4.18. The van der Waals surface area contributed by atoms with Gasteiger partial charge in [-0.25, -0.2) is 13.8 Å². The van der Waals surface area contributed by atoms with E-state index in [9.17, 15) is 26.3 Å². The highest BCUT2D eigenvalue weighted by atomic mass is 19.4. The Morgan fingerprint density at radius 3 is 2.35 bits per heavy atom. The van der Waals surface area contributed by atoms with Gasteiger partial charge in [-0.1, -0.05) is 0 Å². The van der Waals surface area contributed by atoms with E-state index in [4.69, 9.17) is 5.73 Å². The highest BCUT2D eigenvalue weighted by Gasteiger charge is 2.34. The molecule has 0 saturated carbocycles. The summed E-state index contributed by atoms with van der Waals surface area (Å²) in [4.78, 5) is 2.98. The molecule has 1 heterocycles. The number of rotatable bonds is 3. The van der Waals surface area contributed by atoms with Crippen molar-refractivity contribution in [2.24, 2.45) is 5.73 Å². The SMILES string of the molecule is NCc1nc(F)cc(OC(F)(F)F)c1C(F)F. The molecule has 0 saturated heterocycles. The molecule has 3 nitrogen and oxygen atoms in total. The monoisotopic (exact) mass is 260 g/mol. The summed E-state index contributed by atoms with van der Waals surface area (Å²) in [5.41, 5.74) is 3.15. The molecule has 0 radical (unpaired) electrons. The van der Waals surface area contributed by atoms with Gasteiger partial charge in [0, 0.05) is 12.6 Å². The van der Waals surface area contributed by atoms with Crippen LogP contribution in [0.4, 0.5) is 26.3 Å². The van der Waals surface area contributed by atoms with E-state index >= 15 is 0 Å². The third-order valence-electron chi connectivity index (χ3n) is 1.71. The van der Waals surface area contributed by atoms with Crippen LogP contribution in [0.1, 0.15) is 17.7 Å². The van der Waals surface area contributed by atoms with E-state index in [1.54, 1.807) is 0 Å². The number of hydrogen-bond acceptors (Lipinski definition) is 3. The van der Waals surface area contributed by atoms with Crippen LogP contribution in [0, 0.1) is 5.95 Å². The highest BCUT2D eigenvalue weighted by molar-refractivity contribution is 5.37. The fraction of sp³-hybridized carbons (Fsp3) is 0.375. The molecule has 0 aliphatic rings. The van der Waals surface area contributed by atoms with Gasteiger partial charge < -0.3 is 10.5 Å². The molecule has 0 aromatic carbocycles. The molecule has 17 heavy (non-hydrogen) atoms. The second-order valence-electron chi connectivity index (χ2n) is 2.86. The third-order valence-corrected chi connectivity index (χ3v) is 1.71. The van der Waals surface area contributed by atoms with Crippen LogP contribution in [0.5, 0.6) is 5.75 Å². The van der Waals surface area contributed by atoms with Crippen LogP contribution in [0.15, 0.2) is 6.07 Å². The maximum atomic E-state index is 12.8. The molecule has 0 atom stereocenters. The molecule has 0 bridgehead atoms. The zero-order valence-electron chi connectivity index (χ0n) is 8.06. The van der Waals surface area contributed by atoms with Crippen molar-refractivity contribution in [3.05, 3.63) is 23.3 Å². The maximum absolute atomic E-state index is 12.8. The number of pyridine rings is 1. The van der Waals surface area contributed by atoms with Crippen molar-refractivity contribution in [3.63, 3.8) is 0 Å². The van der Waals surface area contributed by atoms with Crippen LogP contribution in [0.3, 0.4) is 0 Å². The molecular weight excluding hydrogens is 254 g/mol. The zero-order chi connectivity index (χ0) is 13.2. The van der Waals surface area contributed by atoms with Crippen molar-refractivity contribution in [1.29, 1.82) is 0 Å². The van der Waals surface area contributed by atoms with E-state index in [1.807, 2.05) is 0 Å². The summed E-state index contributed by atoms with van der Waals surface area (Å²) in [5.74, 6) is -2.71. The van der Waals surface area contributed by atoms with Gasteiger partial charge in [0.2, 0.25) is 5.95 Å². The number of nitrogens with zero attached hydrogens (tertiary/aromatic N) is 1. The van der Waals surface area contributed by atoms with Gasteiger partial charge in [-0.05, 0) is 0 Å². The molecule has 9 heteroatoms. The van der Waals surface area contributed by atoms with Crippen molar-refractivity contribution >= 4 is 0 Å². The van der Waals surface area contributed by atoms with Crippen LogP contribution in [-0.4, -0.2) is 11.3 Å². The van der Waals surface area contributed by atoms with Gasteiger partial charge in [0.15, 0.2) is 0 Å². The lowest BCUT2D eigenvalue weighted by atomic mass is 10.2. The molecule has 2 N–H and O–H groups in total. The van der Waals surface area contributed by atoms with E-state index < -0.39 is 42.3 Å². The molecule has 0 aliphatic carbocycles. The van der Waals surface area contributed by atoms with Crippen LogP contribution in [-0.2, 0) is 6.54 Å². The predicted molar refractivity (Wildman–Crippen MR) is 43.7 cm³/mol. The Balaban J connectivity index is 3.30. The fourth-order valence-corrected chi connectivity index (χ4v) is 1.15. The predicted octanol–water partition coefficient (Wildman–Crippen LogP) is 2.52. The Kier molecular flexibility index (Phi) is 3.81. The molecule has 0 aliphatic heterocycles. The third kappa shape index (κ3) is 3.48. The normalized spacial score (nSPS) is 12.0. The van der Waals surface area contributed by atoms with E-state index in [1.165, 1.54) is 0 Å². The number of halogens is 6. The maximum Gasteiger partial charge on any atom is 0.573 e. The first-order chi connectivity index (χ1) is 7.74. The molecule has 96 valence electrons. The molecule has 0 spiro atoms. The lowest BCUT2D eigenvalue weighted by molar-refractivity contribution is -0.275. The minimum atomic E-state index is -5.21. The number of aromatic nitrogens is 1. The van der Waals surface area contributed by atoms with Gasteiger partial charge >= 0.3 is 6.36 Å². The van der Waals surface area contributed by atoms with Crippen molar-refractivity contribution in [2.75, 3.05) is 0 Å². The van der Waals surface area contributed by atoms with Crippen LogP contribution in [0.2, 0.25) is 0 Å². The van der Waals surface area contributed by atoms with Crippen molar-refractivity contribution in [3.8, 4) is 5.75 Å². The summed E-state index contributed by atoms with van der Waals surface area (Å²) >= 11 is 0. The highest BCUT2D eigenvalue weighted by Crippen LogP contribution is 2.34. The van der Waals surface area contributed by atoms with Crippen molar-refractivity contribution < 1.29 is 31.1 Å². The number of alkyl halides is 5. The molecule has 0 fully saturated rings. The van der Waals surface area contributed by atoms with E-state index in [0.717, 1.165) is 0 Å². The molecular formula is C8H6F6N2O. The first kappa shape index (κ1) is 13.6. The Bertz CT molecular complexity index is 406. The Hall–Kier alpha value is -1.51. The zero-order valence-corrected chi connectivity index (χ0v) is 8.06. The van der Waals surface area contributed by atoms with E-state index in [-0.39, 0.29) is 6.07 Å². The van der Waals surface area contributed by atoms with Crippen molar-refractivity contribution in [2.45, 2.75) is 19.3 Å². The molecule has 1 aromatic rings. The van der Waals surface area contributed by atoms with E-state index in [0.29, 0.717) is 0 Å². The summed E-state index contributed by atoms with van der Waals surface area (Å²) < 4.78 is 76.8. The average molecular weight is 260 g/mol. The first-order valence-electron chi connectivity index (χ1n) is 4.18. The Morgan fingerprint density at radius 1 is 1.35 bits per heavy atom. The Labute approximate surface area is 91.2 Å². The van der Waals surface area contributed by atoms with Gasteiger partial charge in [-0.2, -0.15) is 4.39 Å². The number of hydrogen-bond donors (Lipinski definition) is 1. The summed E-state index contributed by atoms with van der Waals surface area (Å²) in [5, 5.41) is 0. The lowest BCUT2D eigenvalue weighted by Gasteiger charge is -2.15. The lowest BCUT2D eigenvalue weighted by Crippen LogP contribution is -2.20. The minimum Gasteiger partial charge on any atom is -0.405 e.